The van der Waals surface area contributed by atoms with Gasteiger partial charge in [0.2, 0.25) is 0 Å². The lowest BCUT2D eigenvalue weighted by molar-refractivity contribution is -0.141. The number of aromatic nitrogens is 2. The largest absolute Gasteiger partial charge is 0.504 e. The molecule has 3 aromatic rings. The van der Waals surface area contributed by atoms with Gasteiger partial charge in [0.15, 0.2) is 11.4 Å². The number of thiophene rings is 1. The molecule has 3 N–H and O–H groups in total. The van der Waals surface area contributed by atoms with Gasteiger partial charge in [0.1, 0.15) is 16.9 Å². The number of hydrogen-bond acceptors (Lipinski definition) is 6. The summed E-state index contributed by atoms with van der Waals surface area (Å²) in [7, 11) is 0. The molecule has 0 radical (unpaired) electrons. The fourth-order valence-corrected chi connectivity index (χ4v) is 3.76. The van der Waals surface area contributed by atoms with Crippen LogP contribution in [0.4, 0.5) is 13.2 Å². The number of amides is 1. The first kappa shape index (κ1) is 19.1. The SMILES string of the molecule is C[C@H](NC(=O)c1nc(Cl)c2c(sc3cnc(C(F)(F)F)cc32)c1O)C(=O)O. The number of carboxylic acid groups (broad SMARTS) is 1. The highest BCUT2D eigenvalue weighted by atomic mass is 35.5. The van der Waals surface area contributed by atoms with Crippen molar-refractivity contribution in [2.45, 2.75) is 19.1 Å². The lowest BCUT2D eigenvalue weighted by atomic mass is 10.1. The summed E-state index contributed by atoms with van der Waals surface area (Å²) in [6.45, 7) is 1.21. The number of rotatable bonds is 3. The van der Waals surface area contributed by atoms with Crippen molar-refractivity contribution < 1.29 is 33.0 Å². The Morgan fingerprint density at radius 1 is 1.37 bits per heavy atom. The Hall–Kier alpha value is -2.66. The molecule has 27 heavy (non-hydrogen) atoms. The van der Waals surface area contributed by atoms with Crippen LogP contribution in [-0.2, 0) is 11.0 Å². The summed E-state index contributed by atoms with van der Waals surface area (Å²) in [4.78, 5) is 30.1. The summed E-state index contributed by atoms with van der Waals surface area (Å²) in [6.07, 6.45) is -3.68. The Balaban J connectivity index is 2.19. The minimum absolute atomic E-state index is 0.0410. The molecule has 0 aliphatic heterocycles. The van der Waals surface area contributed by atoms with E-state index in [0.29, 0.717) is 4.70 Å². The predicted octanol–water partition coefficient (Wildman–Crippen LogP) is 3.43. The van der Waals surface area contributed by atoms with Crippen LogP contribution in [-0.4, -0.2) is 38.1 Å². The molecule has 142 valence electrons. The average molecular weight is 420 g/mol. The first-order chi connectivity index (χ1) is 12.5. The molecular formula is C15H9ClF3N3O4S. The van der Waals surface area contributed by atoms with Crippen LogP contribution < -0.4 is 5.32 Å². The molecule has 12 heteroatoms. The summed E-state index contributed by atoms with van der Waals surface area (Å²) in [5, 5.41) is 21.1. The monoisotopic (exact) mass is 419 g/mol. The number of carbonyl (C=O) groups excluding carboxylic acids is 1. The highest BCUT2D eigenvalue weighted by molar-refractivity contribution is 7.26. The highest BCUT2D eigenvalue weighted by Crippen LogP contribution is 2.44. The highest BCUT2D eigenvalue weighted by Gasteiger charge is 2.33. The normalized spacial score (nSPS) is 13.1. The van der Waals surface area contributed by atoms with Gasteiger partial charge in [-0.15, -0.1) is 11.3 Å². The Morgan fingerprint density at radius 3 is 2.63 bits per heavy atom. The number of fused-ring (bicyclic) bond motifs is 3. The Morgan fingerprint density at radius 2 is 2.04 bits per heavy atom. The summed E-state index contributed by atoms with van der Waals surface area (Å²) in [6, 6.07) is -0.470. The molecule has 0 fully saturated rings. The first-order valence-corrected chi connectivity index (χ1v) is 8.41. The summed E-state index contributed by atoms with van der Waals surface area (Å²) < 4.78 is 39.0. The van der Waals surface area contributed by atoms with Gasteiger partial charge in [-0.3, -0.25) is 14.6 Å². The smallest absolute Gasteiger partial charge is 0.433 e. The van der Waals surface area contributed by atoms with E-state index in [0.717, 1.165) is 23.6 Å². The van der Waals surface area contributed by atoms with Crippen LogP contribution in [0.15, 0.2) is 12.3 Å². The fourth-order valence-electron chi connectivity index (χ4n) is 2.33. The third kappa shape index (κ3) is 3.35. The van der Waals surface area contributed by atoms with E-state index < -0.39 is 41.2 Å². The topological polar surface area (TPSA) is 112 Å². The quantitative estimate of drug-likeness (QED) is 0.561. The molecule has 0 unspecified atom stereocenters. The van der Waals surface area contributed by atoms with E-state index in [1.54, 1.807) is 0 Å². The maximum absolute atomic E-state index is 12.9. The zero-order valence-electron chi connectivity index (χ0n) is 13.3. The second-order valence-electron chi connectivity index (χ2n) is 5.50. The summed E-state index contributed by atoms with van der Waals surface area (Å²) in [5.74, 6) is -2.90. The van der Waals surface area contributed by atoms with E-state index in [9.17, 15) is 27.9 Å². The Kier molecular flexibility index (Phi) is 4.60. The predicted molar refractivity (Wildman–Crippen MR) is 91.2 cm³/mol. The van der Waals surface area contributed by atoms with Gasteiger partial charge < -0.3 is 15.5 Å². The molecule has 3 heterocycles. The van der Waals surface area contributed by atoms with Crippen molar-refractivity contribution in [1.82, 2.24) is 15.3 Å². The lowest BCUT2D eigenvalue weighted by Gasteiger charge is -2.10. The second-order valence-corrected chi connectivity index (χ2v) is 6.91. The molecule has 3 aromatic heterocycles. The van der Waals surface area contributed by atoms with Crippen molar-refractivity contribution >= 4 is 55.0 Å². The van der Waals surface area contributed by atoms with Gasteiger partial charge in [0, 0.05) is 17.0 Å². The van der Waals surface area contributed by atoms with E-state index in [1.807, 2.05) is 0 Å². The molecule has 0 aliphatic carbocycles. The van der Waals surface area contributed by atoms with Crippen molar-refractivity contribution in [1.29, 1.82) is 0 Å². The molecule has 1 amide bonds. The van der Waals surface area contributed by atoms with E-state index in [1.165, 1.54) is 6.92 Å². The molecule has 0 bridgehead atoms. The van der Waals surface area contributed by atoms with Gasteiger partial charge >= 0.3 is 12.1 Å². The van der Waals surface area contributed by atoms with Crippen molar-refractivity contribution in [2.75, 3.05) is 0 Å². The minimum atomic E-state index is -4.67. The molecule has 0 saturated heterocycles. The maximum Gasteiger partial charge on any atom is 0.433 e. The number of aromatic hydroxyl groups is 1. The van der Waals surface area contributed by atoms with E-state index >= 15 is 0 Å². The van der Waals surface area contributed by atoms with E-state index in [2.05, 4.69) is 15.3 Å². The van der Waals surface area contributed by atoms with Crippen LogP contribution in [0.25, 0.3) is 20.2 Å². The molecule has 1 atom stereocenters. The zero-order valence-corrected chi connectivity index (χ0v) is 14.8. The molecule has 0 saturated carbocycles. The van der Waals surface area contributed by atoms with Gasteiger partial charge in [0.25, 0.3) is 5.91 Å². The molecule has 0 aliphatic rings. The maximum atomic E-state index is 12.9. The number of nitrogens with zero attached hydrogens (tertiary/aromatic N) is 2. The Labute approximate surface area is 157 Å². The summed E-state index contributed by atoms with van der Waals surface area (Å²) in [5.41, 5.74) is -1.67. The Bertz CT molecular complexity index is 1100. The molecule has 3 rings (SSSR count). The standard InChI is InChI=1S/C15H9ClF3N3O4S/c1-4(14(25)26)21-13(24)9-10(23)11-8(12(16)22-9)5-2-7(15(17,18)19)20-3-6(5)27-11/h2-4,23H,1H3,(H,21,24)(H,25,26)/t4-/m0/s1. The molecule has 0 aromatic carbocycles. The van der Waals surface area contributed by atoms with Gasteiger partial charge in [-0.05, 0) is 13.0 Å². The number of alkyl halides is 3. The van der Waals surface area contributed by atoms with Gasteiger partial charge in [-0.25, -0.2) is 4.98 Å². The summed E-state index contributed by atoms with van der Waals surface area (Å²) >= 11 is 6.93. The van der Waals surface area contributed by atoms with Crippen molar-refractivity contribution in [3.05, 3.63) is 28.8 Å². The molecule has 7 nitrogen and oxygen atoms in total. The van der Waals surface area contributed by atoms with Crippen molar-refractivity contribution in [3.63, 3.8) is 0 Å². The van der Waals surface area contributed by atoms with Crippen LogP contribution in [0.3, 0.4) is 0 Å². The minimum Gasteiger partial charge on any atom is -0.504 e. The third-order valence-corrected chi connectivity index (χ3v) is 5.08. The van der Waals surface area contributed by atoms with Crippen LogP contribution in [0.1, 0.15) is 23.1 Å². The van der Waals surface area contributed by atoms with E-state index in [-0.39, 0.29) is 20.6 Å². The average Bonchev–Trinajstić information content (AvgIpc) is 2.96. The number of carbonyl (C=O) groups is 2. The van der Waals surface area contributed by atoms with Crippen LogP contribution >= 0.6 is 22.9 Å². The van der Waals surface area contributed by atoms with Crippen molar-refractivity contribution in [3.8, 4) is 5.75 Å². The van der Waals surface area contributed by atoms with Crippen LogP contribution in [0.2, 0.25) is 5.15 Å². The number of nitrogens with one attached hydrogen (secondary N) is 1. The zero-order chi connectivity index (χ0) is 20.1. The second kappa shape index (κ2) is 6.50. The molecule has 0 spiro atoms. The van der Waals surface area contributed by atoms with Gasteiger partial charge in [0.05, 0.1) is 9.40 Å². The van der Waals surface area contributed by atoms with Crippen LogP contribution in [0, 0.1) is 0 Å². The van der Waals surface area contributed by atoms with Gasteiger partial charge in [-0.1, -0.05) is 11.6 Å². The van der Waals surface area contributed by atoms with Crippen LogP contribution in [0.5, 0.6) is 5.75 Å². The number of halogens is 4. The van der Waals surface area contributed by atoms with E-state index in [4.69, 9.17) is 16.7 Å². The number of hydrogen-bond donors (Lipinski definition) is 3. The number of pyridine rings is 2. The fraction of sp³-hybridized carbons (Fsp3) is 0.200. The lowest BCUT2D eigenvalue weighted by Crippen LogP contribution is -2.38. The van der Waals surface area contributed by atoms with Gasteiger partial charge in [-0.2, -0.15) is 13.2 Å². The molecular weight excluding hydrogens is 411 g/mol. The first-order valence-electron chi connectivity index (χ1n) is 7.22. The number of aliphatic carboxylic acids is 1. The third-order valence-electron chi connectivity index (χ3n) is 3.65. The number of carboxylic acids is 1. The van der Waals surface area contributed by atoms with Crippen molar-refractivity contribution in [2.24, 2.45) is 0 Å².